The number of methoxy groups -OCH3 is 1. The number of ether oxygens (including phenoxy) is 2. The van der Waals surface area contributed by atoms with Gasteiger partial charge in [-0.2, -0.15) is 5.06 Å². The summed E-state index contributed by atoms with van der Waals surface area (Å²) in [7, 11) is -0.198. The summed E-state index contributed by atoms with van der Waals surface area (Å²) in [5.74, 6) is 1.18. The summed E-state index contributed by atoms with van der Waals surface area (Å²) in [4.78, 5) is 5.66. The van der Waals surface area contributed by atoms with Crippen molar-refractivity contribution < 1.29 is 22.7 Å². The first kappa shape index (κ1) is 23.0. The highest BCUT2D eigenvalue weighted by Gasteiger charge is 2.44. The van der Waals surface area contributed by atoms with E-state index in [1.165, 1.54) is 6.42 Å². The molecule has 2 aromatic carbocycles. The molecule has 2 aromatic rings. The Bertz CT molecular complexity index is 993. The lowest BCUT2D eigenvalue weighted by atomic mass is 9.96. The van der Waals surface area contributed by atoms with E-state index >= 15 is 0 Å². The second-order valence-electron chi connectivity index (χ2n) is 8.51. The molecule has 1 heterocycles. The Labute approximate surface area is 190 Å². The fraction of sp³-hybridized carbons (Fsp3) is 0.500. The van der Waals surface area contributed by atoms with Crippen molar-refractivity contribution in [1.29, 1.82) is 0 Å². The molecule has 0 unspecified atom stereocenters. The largest absolute Gasteiger partial charge is 0.493 e. The molecule has 2 fully saturated rings. The van der Waals surface area contributed by atoms with Crippen LogP contribution < -0.4 is 14.2 Å². The number of hydrogen-bond donors (Lipinski definition) is 1. The molecule has 0 bridgehead atoms. The molecular weight excluding hydrogens is 428 g/mol. The molecule has 8 heteroatoms. The molecule has 0 spiro atoms. The van der Waals surface area contributed by atoms with Crippen molar-refractivity contribution in [1.82, 2.24) is 9.79 Å². The fourth-order valence-corrected chi connectivity index (χ4v) is 6.33. The summed E-state index contributed by atoms with van der Waals surface area (Å²) in [6.45, 7) is 0.545. The van der Waals surface area contributed by atoms with E-state index in [1.807, 2.05) is 48.5 Å². The Balaban J connectivity index is 1.52. The van der Waals surface area contributed by atoms with Gasteiger partial charge < -0.3 is 9.47 Å². The molecule has 0 aromatic heterocycles. The average molecular weight is 461 g/mol. The van der Waals surface area contributed by atoms with Crippen LogP contribution in [0.3, 0.4) is 0 Å². The summed E-state index contributed by atoms with van der Waals surface area (Å²) < 4.78 is 40.9. The first-order valence-corrected chi connectivity index (χ1v) is 12.7. The van der Waals surface area contributed by atoms with E-state index in [4.69, 9.17) is 14.3 Å². The Morgan fingerprint density at radius 2 is 1.81 bits per heavy atom. The van der Waals surface area contributed by atoms with Crippen molar-refractivity contribution in [3.8, 4) is 11.5 Å². The number of hydrogen-bond acceptors (Lipinski definition) is 6. The van der Waals surface area contributed by atoms with Gasteiger partial charge >= 0.3 is 0 Å². The number of rotatable bonds is 8. The standard InChI is InChI=1S/C24H32N2O5S/c1-26-24(23(17-31-26)32(27,28)25-20-11-7-4-8-12-20)19-13-14-21(22(15-19)29-2)30-16-18-9-5-3-6-10-18/h3,5-6,9-10,13-15,20,23-25H,4,7-8,11-12,16-17H2,1-2H3/t23-,24-/m1/s1. The van der Waals surface area contributed by atoms with Gasteiger partial charge in [-0.15, -0.1) is 0 Å². The van der Waals surface area contributed by atoms with E-state index in [0.29, 0.717) is 18.1 Å². The smallest absolute Gasteiger partial charge is 0.219 e. The zero-order valence-corrected chi connectivity index (χ0v) is 19.5. The molecule has 32 heavy (non-hydrogen) atoms. The van der Waals surface area contributed by atoms with Gasteiger partial charge in [-0.3, -0.25) is 4.84 Å². The number of nitrogens with one attached hydrogen (secondary N) is 1. The van der Waals surface area contributed by atoms with Crippen LogP contribution in [0.4, 0.5) is 0 Å². The van der Waals surface area contributed by atoms with Gasteiger partial charge in [0, 0.05) is 13.1 Å². The van der Waals surface area contributed by atoms with E-state index in [2.05, 4.69) is 4.72 Å². The minimum atomic E-state index is -3.55. The maximum Gasteiger partial charge on any atom is 0.219 e. The summed E-state index contributed by atoms with van der Waals surface area (Å²) in [5, 5.41) is 0.930. The molecule has 7 nitrogen and oxygen atoms in total. The lowest BCUT2D eigenvalue weighted by Gasteiger charge is -2.27. The van der Waals surface area contributed by atoms with Gasteiger partial charge in [-0.1, -0.05) is 55.7 Å². The lowest BCUT2D eigenvalue weighted by Crippen LogP contribution is -2.44. The molecule has 2 atom stereocenters. The van der Waals surface area contributed by atoms with Gasteiger partial charge in [-0.25, -0.2) is 13.1 Å². The Morgan fingerprint density at radius 3 is 2.53 bits per heavy atom. The van der Waals surface area contributed by atoms with Crippen LogP contribution >= 0.6 is 0 Å². The van der Waals surface area contributed by atoms with E-state index in [-0.39, 0.29) is 12.6 Å². The maximum absolute atomic E-state index is 13.2. The fourth-order valence-electron chi connectivity index (χ4n) is 4.54. The monoisotopic (exact) mass is 460 g/mol. The Kier molecular flexibility index (Phi) is 7.35. The highest BCUT2D eigenvalue weighted by Crippen LogP contribution is 2.38. The SMILES string of the molecule is COc1cc([C@@H]2[C@H](S(=O)(=O)NC3CCCCC3)CON2C)ccc1OCc1ccccc1. The predicted octanol–water partition coefficient (Wildman–Crippen LogP) is 3.81. The molecule has 1 aliphatic carbocycles. The topological polar surface area (TPSA) is 77.1 Å². The average Bonchev–Trinajstić information content (AvgIpc) is 3.21. The van der Waals surface area contributed by atoms with Crippen molar-refractivity contribution in [3.05, 3.63) is 59.7 Å². The summed E-state index contributed by atoms with van der Waals surface area (Å²) in [5.41, 5.74) is 1.87. The van der Waals surface area contributed by atoms with Gasteiger partial charge in [0.1, 0.15) is 11.9 Å². The highest BCUT2D eigenvalue weighted by molar-refractivity contribution is 7.90. The maximum atomic E-state index is 13.2. The number of benzene rings is 2. The number of nitrogens with zero attached hydrogens (tertiary/aromatic N) is 1. The predicted molar refractivity (Wildman–Crippen MR) is 123 cm³/mol. The first-order chi connectivity index (χ1) is 15.5. The van der Waals surface area contributed by atoms with Crippen molar-refractivity contribution in [2.45, 2.75) is 56.0 Å². The zero-order chi connectivity index (χ0) is 22.6. The van der Waals surface area contributed by atoms with Gasteiger partial charge in [0.05, 0.1) is 19.8 Å². The third-order valence-corrected chi connectivity index (χ3v) is 8.14. The van der Waals surface area contributed by atoms with Gasteiger partial charge in [-0.05, 0) is 36.1 Å². The first-order valence-electron chi connectivity index (χ1n) is 11.2. The van der Waals surface area contributed by atoms with Crippen LogP contribution in [0.25, 0.3) is 0 Å². The van der Waals surface area contributed by atoms with Crippen LogP contribution in [-0.4, -0.2) is 45.5 Å². The highest BCUT2D eigenvalue weighted by atomic mass is 32.2. The Hall–Kier alpha value is -2.13. The van der Waals surface area contributed by atoms with Crippen LogP contribution in [0.5, 0.6) is 11.5 Å². The summed E-state index contributed by atoms with van der Waals surface area (Å²) >= 11 is 0. The third-order valence-electron chi connectivity index (χ3n) is 6.29. The van der Waals surface area contributed by atoms with Crippen molar-refractivity contribution in [2.24, 2.45) is 0 Å². The molecule has 1 aliphatic heterocycles. The van der Waals surface area contributed by atoms with E-state index in [0.717, 1.165) is 36.8 Å². The van der Waals surface area contributed by atoms with E-state index < -0.39 is 21.3 Å². The molecule has 1 saturated heterocycles. The molecule has 0 radical (unpaired) electrons. The van der Waals surface area contributed by atoms with Crippen molar-refractivity contribution in [3.63, 3.8) is 0 Å². The molecule has 4 rings (SSSR count). The molecule has 174 valence electrons. The summed E-state index contributed by atoms with van der Waals surface area (Å²) in [6.07, 6.45) is 5.11. The minimum Gasteiger partial charge on any atom is -0.493 e. The van der Waals surface area contributed by atoms with Gasteiger partial charge in [0.25, 0.3) is 0 Å². The van der Waals surface area contributed by atoms with Crippen molar-refractivity contribution >= 4 is 10.0 Å². The van der Waals surface area contributed by atoms with Crippen LogP contribution in [0, 0.1) is 0 Å². The van der Waals surface area contributed by atoms with E-state index in [1.54, 1.807) is 19.2 Å². The second kappa shape index (κ2) is 10.2. The van der Waals surface area contributed by atoms with Crippen LogP contribution in [0.2, 0.25) is 0 Å². The minimum absolute atomic E-state index is 0.0172. The van der Waals surface area contributed by atoms with Crippen LogP contribution in [0.15, 0.2) is 48.5 Å². The lowest BCUT2D eigenvalue weighted by molar-refractivity contribution is -0.110. The Morgan fingerprint density at radius 1 is 1.06 bits per heavy atom. The second-order valence-corrected chi connectivity index (χ2v) is 10.4. The van der Waals surface area contributed by atoms with Gasteiger partial charge in [0.15, 0.2) is 11.5 Å². The molecular formula is C24H32N2O5S. The number of sulfonamides is 1. The molecule has 0 amide bonds. The van der Waals surface area contributed by atoms with Gasteiger partial charge in [0.2, 0.25) is 10.0 Å². The van der Waals surface area contributed by atoms with Crippen LogP contribution in [0.1, 0.15) is 49.3 Å². The molecule has 1 saturated carbocycles. The van der Waals surface area contributed by atoms with Crippen LogP contribution in [-0.2, 0) is 21.5 Å². The molecule has 1 N–H and O–H groups in total. The van der Waals surface area contributed by atoms with Crippen molar-refractivity contribution in [2.75, 3.05) is 20.8 Å². The van der Waals surface area contributed by atoms with E-state index in [9.17, 15) is 8.42 Å². The molecule has 2 aliphatic rings. The summed E-state index contributed by atoms with van der Waals surface area (Å²) in [6, 6.07) is 15.1. The third kappa shape index (κ3) is 5.26. The normalized spacial score (nSPS) is 22.7. The number of hydroxylamine groups is 2. The zero-order valence-electron chi connectivity index (χ0n) is 18.7. The quantitative estimate of drug-likeness (QED) is 0.646.